The van der Waals surface area contributed by atoms with Crippen molar-refractivity contribution in [3.8, 4) is 36.2 Å². The number of ether oxygens (including phenoxy) is 2. The van der Waals surface area contributed by atoms with E-state index in [4.69, 9.17) is 22.3 Å². The molecule has 3 aromatic rings. The van der Waals surface area contributed by atoms with E-state index < -0.39 is 0 Å². The number of hydrogen-bond donors (Lipinski definition) is 0. The van der Waals surface area contributed by atoms with Crippen LogP contribution in [0, 0.1) is 24.7 Å². The number of aromatic nitrogens is 1. The highest BCUT2D eigenvalue weighted by atomic mass is 16.5. The molecule has 4 nitrogen and oxygen atoms in total. The van der Waals surface area contributed by atoms with E-state index in [9.17, 15) is 0 Å². The number of benzene rings is 2. The molecule has 140 valence electrons. The van der Waals surface area contributed by atoms with Gasteiger partial charge in [0, 0.05) is 28.4 Å². The van der Waals surface area contributed by atoms with Crippen molar-refractivity contribution in [3.63, 3.8) is 0 Å². The Bertz CT molecular complexity index is 1110. The predicted octanol–water partition coefficient (Wildman–Crippen LogP) is 4.03. The minimum absolute atomic E-state index is 0.131. The molecular weight excluding hydrogens is 348 g/mol. The lowest BCUT2D eigenvalue weighted by molar-refractivity contribution is 0.414. The molecule has 28 heavy (non-hydrogen) atoms. The third-order valence-electron chi connectivity index (χ3n) is 5.39. The van der Waals surface area contributed by atoms with Gasteiger partial charge < -0.3 is 18.9 Å². The van der Waals surface area contributed by atoms with Gasteiger partial charge in [0.25, 0.3) is 0 Å². The summed E-state index contributed by atoms with van der Waals surface area (Å²) in [5, 5.41) is 1.14. The first-order valence-corrected chi connectivity index (χ1v) is 9.17. The summed E-state index contributed by atoms with van der Waals surface area (Å²) < 4.78 is 13.0. The number of terminal acetylenes is 2. The Morgan fingerprint density at radius 2 is 1.71 bits per heavy atom. The number of rotatable bonds is 5. The second-order valence-corrected chi connectivity index (χ2v) is 6.85. The lowest BCUT2D eigenvalue weighted by Gasteiger charge is -2.25. The van der Waals surface area contributed by atoms with Crippen molar-refractivity contribution >= 4 is 16.6 Å². The first-order valence-electron chi connectivity index (χ1n) is 9.17. The fraction of sp³-hybridized carbons (Fsp3) is 0.250. The second-order valence-electron chi connectivity index (χ2n) is 6.85. The van der Waals surface area contributed by atoms with Gasteiger partial charge in [0.1, 0.15) is 11.5 Å². The average Bonchev–Trinajstić information content (AvgIpc) is 3.26. The average molecular weight is 370 g/mol. The van der Waals surface area contributed by atoms with Gasteiger partial charge in [0.15, 0.2) is 0 Å². The fourth-order valence-corrected chi connectivity index (χ4v) is 4.12. The van der Waals surface area contributed by atoms with Crippen molar-refractivity contribution in [1.29, 1.82) is 0 Å². The van der Waals surface area contributed by atoms with Crippen LogP contribution in [0.3, 0.4) is 0 Å². The zero-order valence-electron chi connectivity index (χ0n) is 16.1. The van der Waals surface area contributed by atoms with Crippen LogP contribution in [0.4, 0.5) is 5.69 Å². The number of nitrogens with zero attached hydrogens (tertiary/aromatic N) is 2. The molecule has 1 aliphatic heterocycles. The fourth-order valence-electron chi connectivity index (χ4n) is 4.12. The van der Waals surface area contributed by atoms with Crippen molar-refractivity contribution < 1.29 is 9.47 Å². The Kier molecular flexibility index (Phi) is 4.63. The van der Waals surface area contributed by atoms with E-state index in [0.29, 0.717) is 13.1 Å². The van der Waals surface area contributed by atoms with Crippen LogP contribution in [0.15, 0.2) is 42.6 Å². The molecule has 0 bridgehead atoms. The van der Waals surface area contributed by atoms with Gasteiger partial charge in [-0.3, -0.25) is 0 Å². The Morgan fingerprint density at radius 3 is 2.43 bits per heavy atom. The summed E-state index contributed by atoms with van der Waals surface area (Å²) in [6.07, 6.45) is 14.3. The third kappa shape index (κ3) is 2.84. The molecule has 4 rings (SSSR count). The molecule has 0 radical (unpaired) electrons. The van der Waals surface area contributed by atoms with Crippen molar-refractivity contribution in [3.05, 3.63) is 53.7 Å². The minimum Gasteiger partial charge on any atom is -0.497 e. The van der Waals surface area contributed by atoms with Gasteiger partial charge in [0.05, 0.1) is 33.4 Å². The van der Waals surface area contributed by atoms with Crippen LogP contribution in [0.25, 0.3) is 10.9 Å². The Hall–Kier alpha value is -3.50. The summed E-state index contributed by atoms with van der Waals surface area (Å²) in [4.78, 5) is 2.28. The lowest BCUT2D eigenvalue weighted by atomic mass is 10.0. The van der Waals surface area contributed by atoms with Crippen molar-refractivity contribution in [1.82, 2.24) is 4.57 Å². The number of fused-ring (bicyclic) bond motifs is 2. The second kappa shape index (κ2) is 7.25. The molecule has 0 saturated heterocycles. The van der Waals surface area contributed by atoms with E-state index in [1.807, 2.05) is 12.1 Å². The molecule has 4 heteroatoms. The van der Waals surface area contributed by atoms with Crippen LogP contribution in [-0.2, 0) is 13.0 Å². The highest BCUT2D eigenvalue weighted by Crippen LogP contribution is 2.44. The number of methoxy groups -OCH3 is 2. The highest BCUT2D eigenvalue weighted by Gasteiger charge is 2.32. The lowest BCUT2D eigenvalue weighted by Crippen LogP contribution is -2.25. The topological polar surface area (TPSA) is 26.6 Å². The van der Waals surface area contributed by atoms with Crippen LogP contribution in [-0.4, -0.2) is 25.3 Å². The van der Waals surface area contributed by atoms with Gasteiger partial charge in [-0.05, 0) is 48.4 Å². The monoisotopic (exact) mass is 370 g/mol. The maximum absolute atomic E-state index is 5.70. The van der Waals surface area contributed by atoms with Crippen molar-refractivity contribution in [2.24, 2.45) is 0 Å². The zero-order chi connectivity index (χ0) is 19.7. The van der Waals surface area contributed by atoms with Crippen molar-refractivity contribution in [2.75, 3.05) is 25.7 Å². The minimum atomic E-state index is 0.131. The van der Waals surface area contributed by atoms with Crippen LogP contribution in [0.5, 0.6) is 11.5 Å². The molecule has 1 aliphatic rings. The summed E-state index contributed by atoms with van der Waals surface area (Å²) in [5.41, 5.74) is 4.70. The normalized spacial score (nSPS) is 15.1. The van der Waals surface area contributed by atoms with Gasteiger partial charge in [-0.2, -0.15) is 0 Å². The Morgan fingerprint density at radius 1 is 1.00 bits per heavy atom. The van der Waals surface area contributed by atoms with E-state index in [2.05, 4.69) is 51.8 Å². The van der Waals surface area contributed by atoms with Crippen LogP contribution < -0.4 is 14.4 Å². The maximum atomic E-state index is 5.70. The summed E-state index contributed by atoms with van der Waals surface area (Å²) in [6.45, 7) is 1.06. The molecule has 1 unspecified atom stereocenters. The Balaban J connectivity index is 1.86. The molecule has 0 fully saturated rings. The van der Waals surface area contributed by atoms with Crippen LogP contribution in [0.2, 0.25) is 0 Å². The molecule has 0 amide bonds. The van der Waals surface area contributed by atoms with Gasteiger partial charge >= 0.3 is 0 Å². The summed E-state index contributed by atoms with van der Waals surface area (Å²) in [6, 6.07) is 12.4. The molecule has 2 aromatic carbocycles. The van der Waals surface area contributed by atoms with Crippen molar-refractivity contribution in [2.45, 2.75) is 19.0 Å². The molecule has 0 aliphatic carbocycles. The van der Waals surface area contributed by atoms with Gasteiger partial charge in [-0.25, -0.2) is 0 Å². The van der Waals surface area contributed by atoms with Crippen LogP contribution in [0.1, 0.15) is 17.2 Å². The van der Waals surface area contributed by atoms with Gasteiger partial charge in [-0.15, -0.1) is 12.8 Å². The quantitative estimate of drug-likeness (QED) is 0.635. The van der Waals surface area contributed by atoms with Gasteiger partial charge in [-0.1, -0.05) is 11.8 Å². The first kappa shape index (κ1) is 17.9. The van der Waals surface area contributed by atoms with E-state index in [-0.39, 0.29) is 6.04 Å². The number of anilines is 1. The summed E-state index contributed by atoms with van der Waals surface area (Å²) >= 11 is 0. The molecule has 1 atom stereocenters. The van der Waals surface area contributed by atoms with E-state index in [1.54, 1.807) is 14.2 Å². The molecule has 0 N–H and O–H groups in total. The van der Waals surface area contributed by atoms with E-state index in [0.717, 1.165) is 34.5 Å². The smallest absolute Gasteiger partial charge is 0.119 e. The van der Waals surface area contributed by atoms with E-state index in [1.165, 1.54) is 11.1 Å². The molecule has 2 heterocycles. The van der Waals surface area contributed by atoms with Crippen LogP contribution >= 0.6 is 0 Å². The Labute approximate surface area is 165 Å². The zero-order valence-corrected chi connectivity index (χ0v) is 16.1. The summed E-state index contributed by atoms with van der Waals surface area (Å²) in [7, 11) is 3.37. The molecule has 0 spiro atoms. The van der Waals surface area contributed by atoms with Gasteiger partial charge in [0.2, 0.25) is 0 Å². The largest absolute Gasteiger partial charge is 0.497 e. The number of hydrogen-bond acceptors (Lipinski definition) is 3. The maximum Gasteiger partial charge on any atom is 0.119 e. The first-order chi connectivity index (χ1) is 13.7. The third-order valence-corrected chi connectivity index (χ3v) is 5.39. The predicted molar refractivity (Wildman–Crippen MR) is 113 cm³/mol. The van der Waals surface area contributed by atoms with E-state index >= 15 is 0 Å². The summed E-state index contributed by atoms with van der Waals surface area (Å²) in [5.74, 6) is 7.24. The highest BCUT2D eigenvalue weighted by molar-refractivity contribution is 5.87. The SMILES string of the molecule is C#CCN1c2ccc(OC)cc2CC1c1cn(CC#C)c2ccc(OC)cc12. The standard InChI is InChI=1S/C24H22N2O2/c1-5-11-25-16-21(20-15-19(28-4)8-10-23(20)25)24-14-17-13-18(27-3)7-9-22(17)26(24)12-6-2/h1-2,7-10,13,15-16,24H,11-12,14H2,3-4H3. The molecule has 1 aromatic heterocycles. The molecule has 0 saturated carbocycles. The molecular formula is C24H22N2O2.